The smallest absolute Gasteiger partial charge is 0.284 e. The van der Waals surface area contributed by atoms with E-state index in [2.05, 4.69) is 17.5 Å². The molecular weight excluding hydrogens is 292 g/mol. The Morgan fingerprint density at radius 3 is 2.70 bits per heavy atom. The average molecular weight is 310 g/mol. The number of ether oxygens (including phenoxy) is 2. The first-order chi connectivity index (χ1) is 11.3. The van der Waals surface area contributed by atoms with Crippen LogP contribution in [0.2, 0.25) is 0 Å². The fraction of sp³-hybridized carbons (Fsp3) is 0.222. The van der Waals surface area contributed by atoms with E-state index in [9.17, 15) is 4.79 Å². The molecule has 5 heteroatoms. The molecule has 0 saturated heterocycles. The van der Waals surface area contributed by atoms with Crippen LogP contribution in [-0.4, -0.2) is 24.8 Å². The van der Waals surface area contributed by atoms with Crippen molar-refractivity contribution in [1.29, 1.82) is 0 Å². The highest BCUT2D eigenvalue weighted by Gasteiger charge is 2.26. The highest BCUT2D eigenvalue weighted by atomic mass is 16.6. The second-order valence-electron chi connectivity index (χ2n) is 5.19. The van der Waals surface area contributed by atoms with E-state index in [4.69, 9.17) is 9.47 Å². The quantitative estimate of drug-likeness (QED) is 0.697. The van der Waals surface area contributed by atoms with E-state index < -0.39 is 6.10 Å². The first kappa shape index (κ1) is 15.1. The van der Waals surface area contributed by atoms with Crippen molar-refractivity contribution in [2.45, 2.75) is 19.4 Å². The third-order valence-electron chi connectivity index (χ3n) is 3.58. The van der Waals surface area contributed by atoms with Crippen molar-refractivity contribution in [2.75, 3.05) is 6.61 Å². The standard InChI is InChI=1S/C18H18N2O3/c1-2-13-7-9-14(10-8-13)11-19-20-18(21)17-12-22-15-5-3-4-6-16(15)23-17/h3-11,17H,2,12H2,1H3,(H,20,21). The van der Waals surface area contributed by atoms with Gasteiger partial charge >= 0.3 is 0 Å². The lowest BCUT2D eigenvalue weighted by Gasteiger charge is -2.24. The minimum absolute atomic E-state index is 0.170. The molecule has 3 rings (SSSR count). The number of fused-ring (bicyclic) bond motifs is 1. The van der Waals surface area contributed by atoms with Crippen LogP contribution in [0.1, 0.15) is 18.1 Å². The van der Waals surface area contributed by atoms with Gasteiger partial charge in [-0.3, -0.25) is 4.79 Å². The van der Waals surface area contributed by atoms with Crippen LogP contribution in [0, 0.1) is 0 Å². The number of para-hydroxylation sites is 2. The van der Waals surface area contributed by atoms with Gasteiger partial charge in [0, 0.05) is 0 Å². The Bertz CT molecular complexity index is 710. The number of benzene rings is 2. The Kier molecular flexibility index (Phi) is 4.57. The molecular formula is C18H18N2O3. The molecule has 1 N–H and O–H groups in total. The maximum atomic E-state index is 12.1. The van der Waals surface area contributed by atoms with Gasteiger partial charge in [-0.25, -0.2) is 5.43 Å². The van der Waals surface area contributed by atoms with Gasteiger partial charge in [0.05, 0.1) is 6.21 Å². The summed E-state index contributed by atoms with van der Waals surface area (Å²) in [6, 6.07) is 15.3. The number of carbonyl (C=O) groups excluding carboxylic acids is 1. The summed E-state index contributed by atoms with van der Waals surface area (Å²) in [5.41, 5.74) is 4.67. The third kappa shape index (κ3) is 3.69. The lowest BCUT2D eigenvalue weighted by atomic mass is 10.1. The zero-order valence-corrected chi connectivity index (χ0v) is 12.9. The van der Waals surface area contributed by atoms with Gasteiger partial charge < -0.3 is 9.47 Å². The molecule has 1 amide bonds. The van der Waals surface area contributed by atoms with E-state index in [0.29, 0.717) is 11.5 Å². The molecule has 23 heavy (non-hydrogen) atoms. The van der Waals surface area contributed by atoms with Crippen molar-refractivity contribution in [3.63, 3.8) is 0 Å². The lowest BCUT2D eigenvalue weighted by Crippen LogP contribution is -2.42. The molecule has 0 radical (unpaired) electrons. The molecule has 118 valence electrons. The molecule has 0 aromatic heterocycles. The highest BCUT2D eigenvalue weighted by Crippen LogP contribution is 2.30. The van der Waals surface area contributed by atoms with Crippen LogP contribution in [-0.2, 0) is 11.2 Å². The summed E-state index contributed by atoms with van der Waals surface area (Å²) in [5, 5.41) is 3.97. The number of rotatable bonds is 4. The second-order valence-corrected chi connectivity index (χ2v) is 5.19. The van der Waals surface area contributed by atoms with Gasteiger partial charge in [-0.2, -0.15) is 5.10 Å². The van der Waals surface area contributed by atoms with Gasteiger partial charge in [-0.15, -0.1) is 0 Å². The number of nitrogens with zero attached hydrogens (tertiary/aromatic N) is 1. The van der Waals surface area contributed by atoms with Gasteiger partial charge in [-0.05, 0) is 29.7 Å². The number of carbonyl (C=O) groups is 1. The van der Waals surface area contributed by atoms with E-state index >= 15 is 0 Å². The van der Waals surface area contributed by atoms with Crippen molar-refractivity contribution < 1.29 is 14.3 Å². The van der Waals surface area contributed by atoms with Gasteiger partial charge in [0.15, 0.2) is 11.5 Å². The summed E-state index contributed by atoms with van der Waals surface area (Å²) >= 11 is 0. The normalized spacial score (nSPS) is 16.3. The molecule has 0 spiro atoms. The Morgan fingerprint density at radius 1 is 1.22 bits per heavy atom. The van der Waals surface area contributed by atoms with Crippen molar-refractivity contribution >= 4 is 12.1 Å². The fourth-order valence-corrected chi connectivity index (χ4v) is 2.23. The molecule has 5 nitrogen and oxygen atoms in total. The summed E-state index contributed by atoms with van der Waals surface area (Å²) in [7, 11) is 0. The summed E-state index contributed by atoms with van der Waals surface area (Å²) in [5.74, 6) is 0.884. The van der Waals surface area contributed by atoms with Crippen LogP contribution >= 0.6 is 0 Å². The van der Waals surface area contributed by atoms with Crippen LogP contribution in [0.3, 0.4) is 0 Å². The minimum Gasteiger partial charge on any atom is -0.485 e. The van der Waals surface area contributed by atoms with Crippen molar-refractivity contribution in [3.8, 4) is 11.5 Å². The number of amides is 1. The molecule has 0 saturated carbocycles. The molecule has 1 heterocycles. The lowest BCUT2D eigenvalue weighted by molar-refractivity contribution is -0.130. The Labute approximate surface area is 134 Å². The molecule has 2 aromatic carbocycles. The number of hydrogen-bond donors (Lipinski definition) is 1. The average Bonchev–Trinajstić information content (AvgIpc) is 2.61. The zero-order chi connectivity index (χ0) is 16.1. The second kappa shape index (κ2) is 6.96. The minimum atomic E-state index is -0.704. The monoisotopic (exact) mass is 310 g/mol. The summed E-state index contributed by atoms with van der Waals surface area (Å²) in [6.07, 6.45) is 1.90. The molecule has 2 aromatic rings. The van der Waals surface area contributed by atoms with E-state index in [1.807, 2.05) is 42.5 Å². The summed E-state index contributed by atoms with van der Waals surface area (Å²) < 4.78 is 11.1. The van der Waals surface area contributed by atoms with Crippen LogP contribution in [0.25, 0.3) is 0 Å². The van der Waals surface area contributed by atoms with E-state index in [-0.39, 0.29) is 12.5 Å². The Hall–Kier alpha value is -2.82. The van der Waals surface area contributed by atoms with Gasteiger partial charge in [-0.1, -0.05) is 43.3 Å². The fourth-order valence-electron chi connectivity index (χ4n) is 2.23. The van der Waals surface area contributed by atoms with Crippen molar-refractivity contribution in [3.05, 3.63) is 59.7 Å². The molecule has 1 unspecified atom stereocenters. The van der Waals surface area contributed by atoms with Gasteiger partial charge in [0.1, 0.15) is 6.61 Å². The topological polar surface area (TPSA) is 59.9 Å². The van der Waals surface area contributed by atoms with E-state index in [0.717, 1.165) is 12.0 Å². The Morgan fingerprint density at radius 2 is 1.96 bits per heavy atom. The van der Waals surface area contributed by atoms with Crippen molar-refractivity contribution in [1.82, 2.24) is 5.43 Å². The summed E-state index contributed by atoms with van der Waals surface area (Å²) in [6.45, 7) is 2.28. The number of hydrogen-bond acceptors (Lipinski definition) is 4. The predicted molar refractivity (Wildman–Crippen MR) is 87.9 cm³/mol. The summed E-state index contributed by atoms with van der Waals surface area (Å²) in [4.78, 5) is 12.1. The van der Waals surface area contributed by atoms with Crippen LogP contribution in [0.15, 0.2) is 53.6 Å². The molecule has 0 fully saturated rings. The van der Waals surface area contributed by atoms with Gasteiger partial charge in [0.25, 0.3) is 5.91 Å². The molecule has 0 aliphatic carbocycles. The van der Waals surface area contributed by atoms with Crippen molar-refractivity contribution in [2.24, 2.45) is 5.10 Å². The molecule has 1 aliphatic rings. The largest absolute Gasteiger partial charge is 0.485 e. The number of aryl methyl sites for hydroxylation is 1. The zero-order valence-electron chi connectivity index (χ0n) is 12.9. The first-order valence-corrected chi connectivity index (χ1v) is 7.56. The number of hydrazone groups is 1. The van der Waals surface area contributed by atoms with Gasteiger partial charge in [0.2, 0.25) is 6.10 Å². The molecule has 1 aliphatic heterocycles. The first-order valence-electron chi connectivity index (χ1n) is 7.56. The molecule has 0 bridgehead atoms. The van der Waals surface area contributed by atoms with E-state index in [1.165, 1.54) is 5.56 Å². The van der Waals surface area contributed by atoms with E-state index in [1.54, 1.807) is 12.3 Å². The van der Waals surface area contributed by atoms with Crippen LogP contribution in [0.4, 0.5) is 0 Å². The number of nitrogens with one attached hydrogen (secondary N) is 1. The van der Waals surface area contributed by atoms with Crippen LogP contribution in [0.5, 0.6) is 11.5 Å². The highest BCUT2D eigenvalue weighted by molar-refractivity contribution is 5.84. The maximum Gasteiger partial charge on any atom is 0.284 e. The predicted octanol–water partition coefficient (Wildman–Crippen LogP) is 2.54. The third-order valence-corrected chi connectivity index (χ3v) is 3.58. The Balaban J connectivity index is 1.56. The van der Waals surface area contributed by atoms with Crippen LogP contribution < -0.4 is 14.9 Å². The molecule has 1 atom stereocenters. The SMILES string of the molecule is CCc1ccc(C=NNC(=O)C2COc3ccccc3O2)cc1. The maximum absolute atomic E-state index is 12.1.